The number of hydrogen-bond acceptors (Lipinski definition) is 0. The van der Waals surface area contributed by atoms with Crippen molar-refractivity contribution < 1.29 is 0 Å². The zero-order valence-corrected chi connectivity index (χ0v) is 10.8. The molecule has 4 aliphatic carbocycles. The van der Waals surface area contributed by atoms with Crippen LogP contribution in [-0.4, -0.2) is 0 Å². The summed E-state index contributed by atoms with van der Waals surface area (Å²) in [6.07, 6.45) is 11.9. The number of hydrogen-bond donors (Lipinski definition) is 0. The molecule has 0 saturated heterocycles. The van der Waals surface area contributed by atoms with Crippen LogP contribution in [0, 0.1) is 35.5 Å². The van der Waals surface area contributed by atoms with E-state index < -0.39 is 0 Å². The zero-order chi connectivity index (χ0) is 11.3. The third kappa shape index (κ3) is 1.16. The number of fused-ring (bicyclic) bond motifs is 9. The van der Waals surface area contributed by atoms with Gasteiger partial charge in [-0.15, -0.1) is 0 Å². The maximum absolute atomic E-state index is 2.53. The normalized spacial score (nSPS) is 53.1. The Labute approximate surface area is 99.8 Å². The maximum atomic E-state index is 2.53. The van der Waals surface area contributed by atoms with Crippen LogP contribution < -0.4 is 0 Å². The SMILES string of the molecule is C/C=C1\CC2CC1C1C3C=CC(C3)C21.CC. The van der Waals surface area contributed by atoms with Crippen LogP contribution in [-0.2, 0) is 0 Å². The van der Waals surface area contributed by atoms with Crippen LogP contribution in [0.25, 0.3) is 0 Å². The molecule has 4 bridgehead atoms. The molecule has 0 heteroatoms. The molecule has 0 nitrogen and oxygen atoms in total. The molecule has 0 spiro atoms. The quantitative estimate of drug-likeness (QED) is 0.415. The van der Waals surface area contributed by atoms with Crippen LogP contribution in [0.4, 0.5) is 0 Å². The summed E-state index contributed by atoms with van der Waals surface area (Å²) in [5, 5.41) is 0. The summed E-state index contributed by atoms with van der Waals surface area (Å²) in [6.45, 7) is 6.24. The third-order valence-corrected chi connectivity index (χ3v) is 5.49. The average molecular weight is 216 g/mol. The summed E-state index contributed by atoms with van der Waals surface area (Å²) in [6, 6.07) is 0. The predicted octanol–water partition coefficient (Wildman–Crippen LogP) is 4.44. The van der Waals surface area contributed by atoms with E-state index >= 15 is 0 Å². The van der Waals surface area contributed by atoms with E-state index in [1.165, 1.54) is 19.3 Å². The fourth-order valence-electron chi connectivity index (χ4n) is 5.17. The first-order valence-corrected chi connectivity index (χ1v) is 7.22. The van der Waals surface area contributed by atoms with E-state index in [0.717, 1.165) is 35.5 Å². The molecule has 88 valence electrons. The van der Waals surface area contributed by atoms with Crippen LogP contribution in [0.5, 0.6) is 0 Å². The Bertz CT molecular complexity index is 336. The van der Waals surface area contributed by atoms with Crippen molar-refractivity contribution in [2.75, 3.05) is 0 Å². The van der Waals surface area contributed by atoms with Gasteiger partial charge in [0.15, 0.2) is 0 Å². The molecule has 4 aliphatic rings. The Hall–Kier alpha value is -0.520. The lowest BCUT2D eigenvalue weighted by molar-refractivity contribution is 0.243. The lowest BCUT2D eigenvalue weighted by Crippen LogP contribution is -2.26. The highest BCUT2D eigenvalue weighted by atomic mass is 14.6. The van der Waals surface area contributed by atoms with Crippen molar-refractivity contribution in [1.29, 1.82) is 0 Å². The zero-order valence-electron chi connectivity index (χ0n) is 10.8. The van der Waals surface area contributed by atoms with Gasteiger partial charge in [0.1, 0.15) is 0 Å². The van der Waals surface area contributed by atoms with E-state index in [4.69, 9.17) is 0 Å². The third-order valence-electron chi connectivity index (χ3n) is 5.49. The molecule has 0 aromatic heterocycles. The van der Waals surface area contributed by atoms with Crippen molar-refractivity contribution in [2.24, 2.45) is 35.5 Å². The van der Waals surface area contributed by atoms with Crippen molar-refractivity contribution in [1.82, 2.24) is 0 Å². The van der Waals surface area contributed by atoms with Gasteiger partial charge in [-0.25, -0.2) is 0 Å². The Balaban J connectivity index is 0.000000386. The second-order valence-corrected chi connectivity index (χ2v) is 5.77. The summed E-state index contributed by atoms with van der Waals surface area (Å²) < 4.78 is 0. The van der Waals surface area contributed by atoms with Gasteiger partial charge in [-0.3, -0.25) is 0 Å². The molecule has 6 unspecified atom stereocenters. The summed E-state index contributed by atoms with van der Waals surface area (Å²) in [7, 11) is 0. The Morgan fingerprint density at radius 1 is 1.06 bits per heavy atom. The molecule has 0 radical (unpaired) electrons. The maximum Gasteiger partial charge on any atom is -0.0163 e. The van der Waals surface area contributed by atoms with Gasteiger partial charge >= 0.3 is 0 Å². The van der Waals surface area contributed by atoms with Gasteiger partial charge in [-0.1, -0.05) is 37.6 Å². The second kappa shape index (κ2) is 3.75. The molecule has 0 aromatic carbocycles. The predicted molar refractivity (Wildman–Crippen MR) is 69.0 cm³/mol. The van der Waals surface area contributed by atoms with E-state index in [-0.39, 0.29) is 0 Å². The van der Waals surface area contributed by atoms with Crippen LogP contribution >= 0.6 is 0 Å². The van der Waals surface area contributed by atoms with Gasteiger partial charge in [-0.2, -0.15) is 0 Å². The standard InChI is InChI=1S/C14H18.C2H6/c1-2-8-5-11-7-12(8)14-10-4-3-9(6-10)13(11)14;1-2/h2-4,9-14H,5-7H2,1H3;1-2H3/b8-2+;. The molecule has 4 rings (SSSR count). The Kier molecular flexibility index (Phi) is 2.49. The highest BCUT2D eigenvalue weighted by Crippen LogP contribution is 2.66. The van der Waals surface area contributed by atoms with Gasteiger partial charge in [0.05, 0.1) is 0 Å². The minimum Gasteiger partial charge on any atom is -0.0882 e. The first kappa shape index (κ1) is 10.6. The van der Waals surface area contributed by atoms with Gasteiger partial charge < -0.3 is 0 Å². The van der Waals surface area contributed by atoms with Crippen molar-refractivity contribution in [2.45, 2.75) is 40.0 Å². The molecular formula is C16H24. The fraction of sp³-hybridized carbons (Fsp3) is 0.750. The monoisotopic (exact) mass is 216 g/mol. The van der Waals surface area contributed by atoms with Crippen LogP contribution in [0.1, 0.15) is 40.0 Å². The molecular weight excluding hydrogens is 192 g/mol. The van der Waals surface area contributed by atoms with Gasteiger partial charge in [0.2, 0.25) is 0 Å². The topological polar surface area (TPSA) is 0 Å². The summed E-state index contributed by atoms with van der Waals surface area (Å²) in [4.78, 5) is 0. The average Bonchev–Trinajstić information content (AvgIpc) is 3.08. The second-order valence-electron chi connectivity index (χ2n) is 5.77. The summed E-state index contributed by atoms with van der Waals surface area (Å²) >= 11 is 0. The Morgan fingerprint density at radius 3 is 2.44 bits per heavy atom. The molecule has 3 saturated carbocycles. The van der Waals surface area contributed by atoms with Crippen LogP contribution in [0.2, 0.25) is 0 Å². The van der Waals surface area contributed by atoms with E-state index in [0.29, 0.717) is 0 Å². The fourth-order valence-corrected chi connectivity index (χ4v) is 5.17. The highest BCUT2D eigenvalue weighted by Gasteiger charge is 2.59. The van der Waals surface area contributed by atoms with Crippen molar-refractivity contribution in [3.63, 3.8) is 0 Å². The Morgan fingerprint density at radius 2 is 1.75 bits per heavy atom. The van der Waals surface area contributed by atoms with Crippen LogP contribution in [0.15, 0.2) is 23.8 Å². The summed E-state index contributed by atoms with van der Waals surface area (Å²) in [5.74, 6) is 6.17. The lowest BCUT2D eigenvalue weighted by Gasteiger charge is -2.33. The van der Waals surface area contributed by atoms with E-state index in [1.807, 2.05) is 13.8 Å². The number of allylic oxidation sites excluding steroid dienone is 4. The lowest BCUT2D eigenvalue weighted by atomic mass is 9.71. The largest absolute Gasteiger partial charge is 0.0882 e. The summed E-state index contributed by atoms with van der Waals surface area (Å²) in [5.41, 5.74) is 1.80. The first-order valence-electron chi connectivity index (χ1n) is 7.22. The van der Waals surface area contributed by atoms with Gasteiger partial charge in [-0.05, 0) is 61.7 Å². The van der Waals surface area contributed by atoms with E-state index in [9.17, 15) is 0 Å². The van der Waals surface area contributed by atoms with Gasteiger partial charge in [0, 0.05) is 0 Å². The van der Waals surface area contributed by atoms with Crippen molar-refractivity contribution in [3.05, 3.63) is 23.8 Å². The first-order chi connectivity index (χ1) is 7.88. The van der Waals surface area contributed by atoms with Gasteiger partial charge in [0.25, 0.3) is 0 Å². The highest BCUT2D eigenvalue weighted by molar-refractivity contribution is 5.28. The molecule has 0 heterocycles. The molecule has 16 heavy (non-hydrogen) atoms. The minimum absolute atomic E-state index is 0.968. The molecule has 0 aromatic rings. The number of rotatable bonds is 0. The molecule has 0 amide bonds. The van der Waals surface area contributed by atoms with Crippen LogP contribution in [0.3, 0.4) is 0 Å². The molecule has 3 fully saturated rings. The van der Waals surface area contributed by atoms with E-state index in [2.05, 4.69) is 25.2 Å². The van der Waals surface area contributed by atoms with Crippen molar-refractivity contribution >= 4 is 0 Å². The van der Waals surface area contributed by atoms with E-state index in [1.54, 1.807) is 5.57 Å². The molecule has 0 N–H and O–H groups in total. The van der Waals surface area contributed by atoms with Crippen molar-refractivity contribution in [3.8, 4) is 0 Å². The minimum atomic E-state index is 0.968. The molecule has 0 aliphatic heterocycles. The molecule has 6 atom stereocenters. The smallest absolute Gasteiger partial charge is 0.0163 e.